The lowest BCUT2D eigenvalue weighted by molar-refractivity contribution is 0.415. The lowest BCUT2D eigenvalue weighted by atomic mass is 9.76. The standard InChI is InChI=1S/C26H29N5/c1-2-9-26(8-1)18-28-17-21-16-24(30-25(21)26)20-7-10-29-23(15-20)19-3-5-22(6-4-19)31-13-11-27-12-14-31/h3-7,10,15-17,27-28H,1-2,8-9,11-14,18H2/i17D. The van der Waals surface area contributed by atoms with Gasteiger partial charge in [0, 0.05) is 72.9 Å². The molecule has 5 heteroatoms. The highest BCUT2D eigenvalue weighted by molar-refractivity contribution is 6.14. The Morgan fingerprint density at radius 2 is 1.81 bits per heavy atom. The zero-order chi connectivity index (χ0) is 21.5. The molecule has 2 aromatic rings. The van der Waals surface area contributed by atoms with Crippen molar-refractivity contribution in [2.45, 2.75) is 25.7 Å². The molecule has 4 aliphatic rings. The van der Waals surface area contributed by atoms with Crippen LogP contribution in [-0.4, -0.2) is 43.4 Å². The number of hydrogen-bond acceptors (Lipinski definition) is 5. The monoisotopic (exact) mass is 412 g/mol. The van der Waals surface area contributed by atoms with Gasteiger partial charge < -0.3 is 15.5 Å². The summed E-state index contributed by atoms with van der Waals surface area (Å²) in [5, 5.41) is 6.73. The van der Waals surface area contributed by atoms with Crippen LogP contribution >= 0.6 is 0 Å². The minimum absolute atomic E-state index is 0.105. The molecule has 0 radical (unpaired) electrons. The normalized spacial score (nSPS) is 22.7. The molecule has 0 amide bonds. The predicted octanol–water partition coefficient (Wildman–Crippen LogP) is 4.00. The third-order valence-corrected chi connectivity index (χ3v) is 7.18. The van der Waals surface area contributed by atoms with Crippen LogP contribution in [0.2, 0.25) is 0 Å². The Kier molecular flexibility index (Phi) is 4.37. The van der Waals surface area contributed by atoms with Gasteiger partial charge in [-0.2, -0.15) is 0 Å². The summed E-state index contributed by atoms with van der Waals surface area (Å²) in [5.41, 5.74) is 7.58. The number of allylic oxidation sites excluding steroid dienone is 2. The van der Waals surface area contributed by atoms with Gasteiger partial charge in [0.25, 0.3) is 0 Å². The molecule has 0 bridgehead atoms. The number of rotatable bonds is 3. The number of pyridine rings is 1. The molecule has 6 rings (SSSR count). The van der Waals surface area contributed by atoms with Crippen LogP contribution in [0.1, 0.15) is 32.6 Å². The quantitative estimate of drug-likeness (QED) is 0.800. The van der Waals surface area contributed by atoms with Crippen molar-refractivity contribution in [3.63, 3.8) is 0 Å². The van der Waals surface area contributed by atoms with E-state index in [1.807, 2.05) is 12.3 Å². The van der Waals surface area contributed by atoms with E-state index in [9.17, 15) is 0 Å². The smallest absolute Gasteiger partial charge is 0.0819 e. The summed E-state index contributed by atoms with van der Waals surface area (Å²) >= 11 is 0. The summed E-state index contributed by atoms with van der Waals surface area (Å²) in [6, 6.07) is 12.9. The van der Waals surface area contributed by atoms with E-state index in [-0.39, 0.29) is 5.41 Å². The molecule has 2 fully saturated rings. The van der Waals surface area contributed by atoms with E-state index in [2.05, 4.69) is 56.9 Å². The van der Waals surface area contributed by atoms with Crippen molar-refractivity contribution in [3.05, 3.63) is 66.0 Å². The zero-order valence-electron chi connectivity index (χ0n) is 18.8. The topological polar surface area (TPSA) is 52.6 Å². The Balaban J connectivity index is 1.30. The van der Waals surface area contributed by atoms with E-state index in [1.54, 1.807) is 0 Å². The molecular weight excluding hydrogens is 382 g/mol. The lowest BCUT2D eigenvalue weighted by Gasteiger charge is -2.33. The minimum atomic E-state index is 0.105. The summed E-state index contributed by atoms with van der Waals surface area (Å²) in [6.07, 6.45) is 9.30. The Labute approximate surface area is 185 Å². The highest BCUT2D eigenvalue weighted by Crippen LogP contribution is 2.45. The molecule has 1 spiro atoms. The maximum Gasteiger partial charge on any atom is 0.0819 e. The van der Waals surface area contributed by atoms with Gasteiger partial charge in [0.2, 0.25) is 0 Å². The Morgan fingerprint density at radius 1 is 1.00 bits per heavy atom. The number of piperazine rings is 1. The van der Waals surface area contributed by atoms with Crippen molar-refractivity contribution in [2.75, 3.05) is 37.6 Å². The van der Waals surface area contributed by atoms with E-state index in [1.165, 1.54) is 18.5 Å². The van der Waals surface area contributed by atoms with Crippen molar-refractivity contribution in [3.8, 4) is 11.3 Å². The molecule has 2 N–H and O–H groups in total. The lowest BCUT2D eigenvalue weighted by Crippen LogP contribution is -2.43. The molecule has 0 atom stereocenters. The number of anilines is 1. The number of benzene rings is 1. The summed E-state index contributed by atoms with van der Waals surface area (Å²) in [4.78, 5) is 12.2. The van der Waals surface area contributed by atoms with Crippen LogP contribution in [0.3, 0.4) is 0 Å². The molecule has 1 aliphatic carbocycles. The molecule has 31 heavy (non-hydrogen) atoms. The fourth-order valence-electron chi connectivity index (χ4n) is 5.44. The average molecular weight is 413 g/mol. The van der Waals surface area contributed by atoms with E-state index in [4.69, 9.17) is 6.36 Å². The number of hydrogen-bond donors (Lipinski definition) is 2. The summed E-state index contributed by atoms with van der Waals surface area (Å²) in [5.74, 6) is 0. The molecule has 1 saturated carbocycles. The first-order valence-electron chi connectivity index (χ1n) is 12.0. The number of aliphatic imine (C=N–C) groups is 1. The minimum Gasteiger partial charge on any atom is -0.389 e. The zero-order valence-corrected chi connectivity index (χ0v) is 17.8. The van der Waals surface area contributed by atoms with Crippen LogP contribution < -0.4 is 15.5 Å². The molecule has 1 aromatic carbocycles. The molecule has 3 aliphatic heterocycles. The third-order valence-electron chi connectivity index (χ3n) is 7.18. The number of nitrogens with one attached hydrogen (secondary N) is 2. The molecule has 1 saturated heterocycles. The van der Waals surface area contributed by atoms with Crippen LogP contribution in [0.4, 0.5) is 5.69 Å². The number of aromatic nitrogens is 1. The van der Waals surface area contributed by atoms with Crippen molar-refractivity contribution in [1.82, 2.24) is 15.6 Å². The van der Waals surface area contributed by atoms with Gasteiger partial charge in [0.05, 0.1) is 18.5 Å². The van der Waals surface area contributed by atoms with Crippen molar-refractivity contribution >= 4 is 17.1 Å². The molecule has 1 aromatic heterocycles. The van der Waals surface area contributed by atoms with E-state index < -0.39 is 0 Å². The number of nitrogens with zero attached hydrogens (tertiary/aromatic N) is 3. The molecular formula is C26H29N5. The van der Waals surface area contributed by atoms with Gasteiger partial charge in [-0.05, 0) is 43.2 Å². The first kappa shape index (κ1) is 17.7. The van der Waals surface area contributed by atoms with Gasteiger partial charge in [-0.1, -0.05) is 25.0 Å². The van der Waals surface area contributed by atoms with Crippen LogP contribution in [-0.2, 0) is 0 Å². The Morgan fingerprint density at radius 3 is 2.61 bits per heavy atom. The highest BCUT2D eigenvalue weighted by Gasteiger charge is 2.43. The fourth-order valence-corrected chi connectivity index (χ4v) is 5.44. The van der Waals surface area contributed by atoms with Crippen molar-refractivity contribution in [2.24, 2.45) is 10.4 Å². The first-order chi connectivity index (χ1) is 15.7. The molecule has 4 heterocycles. The van der Waals surface area contributed by atoms with Crippen LogP contribution in [0.15, 0.2) is 65.4 Å². The summed E-state index contributed by atoms with van der Waals surface area (Å²) in [6.45, 7) is 5.01. The first-order valence-corrected chi connectivity index (χ1v) is 11.5. The Hall–Kier alpha value is -2.92. The van der Waals surface area contributed by atoms with Gasteiger partial charge in [-0.25, -0.2) is 0 Å². The predicted molar refractivity (Wildman–Crippen MR) is 127 cm³/mol. The van der Waals surface area contributed by atoms with E-state index in [0.29, 0.717) is 6.18 Å². The van der Waals surface area contributed by atoms with Crippen LogP contribution in [0, 0.1) is 5.41 Å². The summed E-state index contributed by atoms with van der Waals surface area (Å²) < 4.78 is 8.40. The second-order valence-electron chi connectivity index (χ2n) is 9.08. The van der Waals surface area contributed by atoms with Crippen LogP contribution in [0.5, 0.6) is 0 Å². The van der Waals surface area contributed by atoms with Crippen molar-refractivity contribution < 1.29 is 1.37 Å². The highest BCUT2D eigenvalue weighted by atomic mass is 15.2. The molecule has 5 nitrogen and oxygen atoms in total. The van der Waals surface area contributed by atoms with Gasteiger partial charge >= 0.3 is 0 Å². The average Bonchev–Trinajstić information content (AvgIpc) is 3.52. The van der Waals surface area contributed by atoms with Gasteiger partial charge in [0.15, 0.2) is 0 Å². The second kappa shape index (κ2) is 7.65. The van der Waals surface area contributed by atoms with Crippen molar-refractivity contribution in [1.29, 1.82) is 0 Å². The molecule has 0 unspecified atom stereocenters. The van der Waals surface area contributed by atoms with E-state index >= 15 is 0 Å². The van der Waals surface area contributed by atoms with E-state index in [0.717, 1.165) is 79.4 Å². The summed E-state index contributed by atoms with van der Waals surface area (Å²) in [7, 11) is 0. The van der Waals surface area contributed by atoms with Gasteiger partial charge in [-0.15, -0.1) is 0 Å². The maximum absolute atomic E-state index is 8.40. The molecule has 158 valence electrons. The second-order valence-corrected chi connectivity index (χ2v) is 9.08. The van der Waals surface area contributed by atoms with Crippen LogP contribution in [0.25, 0.3) is 17.0 Å². The SMILES string of the molecule is [2H]C1=C2C=C(c3ccnc(-c4ccc(N5CCNCC5)cc4)c3)N=C2C2(CCCC2)CN1. The number of fused-ring (bicyclic) bond motifs is 2. The fraction of sp³-hybridized carbons (Fsp3) is 0.385. The third kappa shape index (κ3) is 3.37. The van der Waals surface area contributed by atoms with Gasteiger partial charge in [0.1, 0.15) is 0 Å². The largest absolute Gasteiger partial charge is 0.389 e. The Bertz CT molecular complexity index is 1120. The maximum atomic E-state index is 8.40. The van der Waals surface area contributed by atoms with Gasteiger partial charge in [-0.3, -0.25) is 9.98 Å².